The molecular formula is C28H35FN4O4. The molecule has 9 heteroatoms. The van der Waals surface area contributed by atoms with Crippen molar-refractivity contribution in [2.45, 2.75) is 57.8 Å². The lowest BCUT2D eigenvalue weighted by Gasteiger charge is -2.52. The van der Waals surface area contributed by atoms with Crippen molar-refractivity contribution in [3.63, 3.8) is 0 Å². The van der Waals surface area contributed by atoms with Crippen LogP contribution in [0.4, 0.5) is 9.18 Å². The van der Waals surface area contributed by atoms with Gasteiger partial charge < -0.3 is 20.3 Å². The van der Waals surface area contributed by atoms with Gasteiger partial charge in [0.1, 0.15) is 18.0 Å². The van der Waals surface area contributed by atoms with Crippen molar-refractivity contribution in [1.29, 1.82) is 0 Å². The molecule has 2 aliphatic heterocycles. The van der Waals surface area contributed by atoms with Gasteiger partial charge in [-0.3, -0.25) is 14.5 Å². The van der Waals surface area contributed by atoms with Crippen molar-refractivity contribution >= 4 is 17.9 Å². The molecule has 1 unspecified atom stereocenters. The molecule has 198 valence electrons. The number of carbonyl (C=O) groups is 3. The molecule has 0 radical (unpaired) electrons. The number of amides is 3. The fourth-order valence-electron chi connectivity index (χ4n) is 5.13. The molecule has 8 nitrogen and oxygen atoms in total. The fourth-order valence-corrected chi connectivity index (χ4v) is 5.13. The van der Waals surface area contributed by atoms with Crippen LogP contribution in [0.3, 0.4) is 0 Å². The first-order chi connectivity index (χ1) is 17.9. The number of unbranched alkanes of at least 4 members (excludes halogenated alkanes) is 1. The first-order valence-electron chi connectivity index (χ1n) is 12.9. The second-order valence-corrected chi connectivity index (χ2v) is 9.66. The molecule has 0 aromatic heterocycles. The summed E-state index contributed by atoms with van der Waals surface area (Å²) in [7, 11) is 0. The molecule has 2 aromatic carbocycles. The zero-order chi connectivity index (χ0) is 26.4. The monoisotopic (exact) mass is 510 g/mol. The molecule has 0 spiro atoms. The summed E-state index contributed by atoms with van der Waals surface area (Å²) in [5.74, 6) is -0.653. The van der Waals surface area contributed by atoms with Crippen LogP contribution >= 0.6 is 0 Å². The number of hydrogen-bond acceptors (Lipinski definition) is 5. The van der Waals surface area contributed by atoms with Crippen molar-refractivity contribution in [2.24, 2.45) is 5.73 Å². The minimum Gasteiger partial charge on any atom is -0.449 e. The number of ether oxygens (including phenoxy) is 1. The maximum absolute atomic E-state index is 13.5. The number of fused-ring (bicyclic) bond motifs is 1. The number of carbonyl (C=O) groups excluding carboxylic acids is 3. The number of rotatable bonds is 9. The molecule has 0 bridgehead atoms. The summed E-state index contributed by atoms with van der Waals surface area (Å²) in [6.07, 6.45) is 1.52. The minimum absolute atomic E-state index is 0.138. The van der Waals surface area contributed by atoms with Crippen LogP contribution in [-0.4, -0.2) is 71.1 Å². The normalized spacial score (nSPS) is 19.7. The second kappa shape index (κ2) is 12.2. The molecule has 2 heterocycles. The SMILES string of the molecule is Cc1ccccc1CCOC(=O)N1CCC(=O)N2C(CCCCN)C(=O)N(Cc3ccc(F)cc3)C[C@H]12. The largest absolute Gasteiger partial charge is 0.449 e. The van der Waals surface area contributed by atoms with Gasteiger partial charge in [0.25, 0.3) is 0 Å². The first-order valence-corrected chi connectivity index (χ1v) is 12.9. The second-order valence-electron chi connectivity index (χ2n) is 9.66. The van der Waals surface area contributed by atoms with Crippen LogP contribution in [0, 0.1) is 12.7 Å². The van der Waals surface area contributed by atoms with E-state index in [9.17, 15) is 18.8 Å². The number of benzene rings is 2. The first kappa shape index (κ1) is 26.6. The Kier molecular flexibility index (Phi) is 8.76. The third-order valence-corrected chi connectivity index (χ3v) is 7.16. The smallest absolute Gasteiger partial charge is 0.411 e. The van der Waals surface area contributed by atoms with Crippen LogP contribution < -0.4 is 5.73 Å². The van der Waals surface area contributed by atoms with Crippen LogP contribution in [-0.2, 0) is 27.3 Å². The summed E-state index contributed by atoms with van der Waals surface area (Å²) in [5.41, 5.74) is 8.69. The lowest BCUT2D eigenvalue weighted by molar-refractivity contribution is -0.169. The Morgan fingerprint density at radius 2 is 1.86 bits per heavy atom. The van der Waals surface area contributed by atoms with Gasteiger partial charge in [0.15, 0.2) is 0 Å². The average molecular weight is 511 g/mol. The van der Waals surface area contributed by atoms with Crippen molar-refractivity contribution in [3.8, 4) is 0 Å². The zero-order valence-corrected chi connectivity index (χ0v) is 21.3. The Balaban J connectivity index is 1.51. The van der Waals surface area contributed by atoms with Gasteiger partial charge in [-0.2, -0.15) is 0 Å². The van der Waals surface area contributed by atoms with Gasteiger partial charge in [0.2, 0.25) is 11.8 Å². The van der Waals surface area contributed by atoms with Gasteiger partial charge in [-0.25, -0.2) is 9.18 Å². The minimum atomic E-state index is -0.680. The van der Waals surface area contributed by atoms with Gasteiger partial charge >= 0.3 is 6.09 Å². The van der Waals surface area contributed by atoms with E-state index >= 15 is 0 Å². The number of hydrogen-bond donors (Lipinski definition) is 1. The quantitative estimate of drug-likeness (QED) is 0.523. The molecule has 0 aliphatic carbocycles. The number of halogens is 1. The summed E-state index contributed by atoms with van der Waals surface area (Å²) >= 11 is 0. The summed E-state index contributed by atoms with van der Waals surface area (Å²) < 4.78 is 19.1. The van der Waals surface area contributed by atoms with Gasteiger partial charge in [-0.05, 0) is 61.6 Å². The number of aryl methyl sites for hydroxylation is 1. The van der Waals surface area contributed by atoms with Gasteiger partial charge in [-0.1, -0.05) is 36.4 Å². The third-order valence-electron chi connectivity index (χ3n) is 7.16. The van der Waals surface area contributed by atoms with E-state index in [4.69, 9.17) is 10.5 Å². The molecule has 2 aromatic rings. The summed E-state index contributed by atoms with van der Waals surface area (Å²) in [4.78, 5) is 44.5. The molecule has 2 N–H and O–H groups in total. The summed E-state index contributed by atoms with van der Waals surface area (Å²) in [6, 6.07) is 13.3. The molecule has 2 atom stereocenters. The third kappa shape index (κ3) is 6.28. The predicted molar refractivity (Wildman–Crippen MR) is 137 cm³/mol. The highest BCUT2D eigenvalue weighted by Gasteiger charge is 2.48. The van der Waals surface area contributed by atoms with E-state index in [0.717, 1.165) is 23.1 Å². The Bertz CT molecular complexity index is 1110. The maximum Gasteiger partial charge on any atom is 0.411 e. The summed E-state index contributed by atoms with van der Waals surface area (Å²) in [5, 5.41) is 0. The molecule has 3 amide bonds. The highest BCUT2D eigenvalue weighted by Crippen LogP contribution is 2.29. The summed E-state index contributed by atoms with van der Waals surface area (Å²) in [6.45, 7) is 3.40. The Morgan fingerprint density at radius 3 is 2.59 bits per heavy atom. The Hall–Kier alpha value is -3.46. The predicted octanol–water partition coefficient (Wildman–Crippen LogP) is 3.21. The van der Waals surface area contributed by atoms with Crippen LogP contribution in [0.5, 0.6) is 0 Å². The Morgan fingerprint density at radius 1 is 1.11 bits per heavy atom. The molecule has 2 fully saturated rings. The molecule has 0 saturated carbocycles. The van der Waals surface area contributed by atoms with Crippen LogP contribution in [0.2, 0.25) is 0 Å². The van der Waals surface area contributed by atoms with E-state index < -0.39 is 18.3 Å². The maximum atomic E-state index is 13.5. The van der Waals surface area contributed by atoms with Gasteiger partial charge in [0.05, 0.1) is 13.2 Å². The van der Waals surface area contributed by atoms with E-state index in [1.54, 1.807) is 26.8 Å². The lowest BCUT2D eigenvalue weighted by Crippen LogP contribution is -2.71. The number of nitrogens with two attached hydrogens (primary N) is 1. The van der Waals surface area contributed by atoms with Gasteiger partial charge in [0, 0.05) is 25.9 Å². The molecular weight excluding hydrogens is 475 g/mol. The van der Waals surface area contributed by atoms with Crippen molar-refractivity contribution < 1.29 is 23.5 Å². The topological polar surface area (TPSA) is 96.2 Å². The average Bonchev–Trinajstić information content (AvgIpc) is 2.88. The van der Waals surface area contributed by atoms with E-state index in [0.29, 0.717) is 25.8 Å². The number of piperazine rings is 1. The molecule has 37 heavy (non-hydrogen) atoms. The lowest BCUT2D eigenvalue weighted by atomic mass is 9.98. The molecule has 4 rings (SSSR count). The fraction of sp³-hybridized carbons (Fsp3) is 0.464. The van der Waals surface area contributed by atoms with Crippen LogP contribution in [0.1, 0.15) is 42.4 Å². The zero-order valence-electron chi connectivity index (χ0n) is 21.3. The van der Waals surface area contributed by atoms with Crippen LogP contribution in [0.25, 0.3) is 0 Å². The standard InChI is InChI=1S/C28H35FN4O4/c1-20-6-2-3-7-22(20)14-17-37-28(36)32-16-13-26(34)33-24(8-4-5-15-30)27(35)31(19-25(32)33)18-21-9-11-23(29)12-10-21/h2-3,6-7,9-12,24-25H,4-5,8,13-19,30H2,1H3/t24?,25-/m1/s1. The van der Waals surface area contributed by atoms with Crippen molar-refractivity contribution in [3.05, 3.63) is 71.0 Å². The van der Waals surface area contributed by atoms with Gasteiger partial charge in [-0.15, -0.1) is 0 Å². The number of nitrogens with zero attached hydrogens (tertiary/aromatic N) is 3. The molecule has 2 saturated heterocycles. The van der Waals surface area contributed by atoms with Crippen molar-refractivity contribution in [2.75, 3.05) is 26.2 Å². The van der Waals surface area contributed by atoms with E-state index in [1.807, 2.05) is 31.2 Å². The highest BCUT2D eigenvalue weighted by atomic mass is 19.1. The van der Waals surface area contributed by atoms with Crippen molar-refractivity contribution in [1.82, 2.24) is 14.7 Å². The van der Waals surface area contributed by atoms with E-state index in [-0.39, 0.29) is 50.3 Å². The Labute approximate surface area is 217 Å². The van der Waals surface area contributed by atoms with E-state index in [2.05, 4.69) is 0 Å². The van der Waals surface area contributed by atoms with E-state index in [1.165, 1.54) is 12.1 Å². The molecule has 2 aliphatic rings. The van der Waals surface area contributed by atoms with Crippen LogP contribution in [0.15, 0.2) is 48.5 Å². The highest BCUT2D eigenvalue weighted by molar-refractivity contribution is 5.90.